The van der Waals surface area contributed by atoms with Gasteiger partial charge in [-0.05, 0) is 44.9 Å². The molecule has 1 aliphatic heterocycles. The second-order valence-corrected chi connectivity index (χ2v) is 7.71. The standard InChI is InChI=1S/C16H31N3O/c1-15(2)7-5-13(6-8-15)18-14(20)16(3,4)19-11-9-17-10-12-19/h13,17H,5-12H2,1-4H3,(H,18,20). The minimum absolute atomic E-state index is 0.198. The lowest BCUT2D eigenvalue weighted by molar-refractivity contribution is -0.133. The zero-order valence-electron chi connectivity index (χ0n) is 13.6. The highest BCUT2D eigenvalue weighted by atomic mass is 16.2. The average Bonchev–Trinajstić information content (AvgIpc) is 2.42. The van der Waals surface area contributed by atoms with Crippen LogP contribution >= 0.6 is 0 Å². The molecule has 2 N–H and O–H groups in total. The third-order valence-corrected chi connectivity index (χ3v) is 5.14. The molecule has 1 saturated heterocycles. The molecule has 1 amide bonds. The number of carbonyl (C=O) groups excluding carboxylic acids is 1. The Balaban J connectivity index is 1.87. The van der Waals surface area contributed by atoms with E-state index in [0.717, 1.165) is 39.0 Å². The average molecular weight is 281 g/mol. The van der Waals surface area contributed by atoms with Gasteiger partial charge < -0.3 is 10.6 Å². The van der Waals surface area contributed by atoms with Gasteiger partial charge in [-0.25, -0.2) is 0 Å². The van der Waals surface area contributed by atoms with Crippen molar-refractivity contribution in [3.8, 4) is 0 Å². The molecular formula is C16H31N3O. The van der Waals surface area contributed by atoms with E-state index in [1.165, 1.54) is 12.8 Å². The van der Waals surface area contributed by atoms with Crippen LogP contribution in [0.1, 0.15) is 53.4 Å². The summed E-state index contributed by atoms with van der Waals surface area (Å²) in [5, 5.41) is 6.64. The molecule has 20 heavy (non-hydrogen) atoms. The summed E-state index contributed by atoms with van der Waals surface area (Å²) in [4.78, 5) is 14.9. The van der Waals surface area contributed by atoms with Crippen LogP contribution in [0.2, 0.25) is 0 Å². The Morgan fingerprint density at radius 3 is 2.30 bits per heavy atom. The monoisotopic (exact) mass is 281 g/mol. The summed E-state index contributed by atoms with van der Waals surface area (Å²) < 4.78 is 0. The van der Waals surface area contributed by atoms with Crippen molar-refractivity contribution in [1.82, 2.24) is 15.5 Å². The Labute approximate surface area is 123 Å². The van der Waals surface area contributed by atoms with Crippen LogP contribution in [0.15, 0.2) is 0 Å². The summed E-state index contributed by atoms with van der Waals surface area (Å²) in [7, 11) is 0. The molecule has 0 aromatic rings. The van der Waals surface area contributed by atoms with Gasteiger partial charge in [0.25, 0.3) is 0 Å². The fraction of sp³-hybridized carbons (Fsp3) is 0.938. The van der Waals surface area contributed by atoms with Crippen LogP contribution < -0.4 is 10.6 Å². The normalized spacial score (nSPS) is 25.4. The third-order valence-electron chi connectivity index (χ3n) is 5.14. The predicted molar refractivity (Wildman–Crippen MR) is 82.7 cm³/mol. The molecule has 4 heteroatoms. The van der Waals surface area contributed by atoms with Gasteiger partial charge in [0.15, 0.2) is 0 Å². The van der Waals surface area contributed by atoms with Crippen molar-refractivity contribution in [2.24, 2.45) is 5.41 Å². The van der Waals surface area contributed by atoms with Gasteiger partial charge in [-0.3, -0.25) is 9.69 Å². The highest BCUT2D eigenvalue weighted by molar-refractivity contribution is 5.85. The molecule has 0 aromatic carbocycles. The van der Waals surface area contributed by atoms with Gasteiger partial charge in [0.1, 0.15) is 0 Å². The highest BCUT2D eigenvalue weighted by Crippen LogP contribution is 2.35. The second kappa shape index (κ2) is 6.02. The van der Waals surface area contributed by atoms with Gasteiger partial charge in [-0.1, -0.05) is 13.8 Å². The molecule has 4 nitrogen and oxygen atoms in total. The maximum Gasteiger partial charge on any atom is 0.240 e. The number of amides is 1. The maximum absolute atomic E-state index is 12.6. The van der Waals surface area contributed by atoms with Crippen molar-refractivity contribution in [1.29, 1.82) is 0 Å². The molecule has 0 radical (unpaired) electrons. The third kappa shape index (κ3) is 3.73. The SMILES string of the molecule is CC1(C)CCC(NC(=O)C(C)(C)N2CCNCC2)CC1. The van der Waals surface area contributed by atoms with E-state index in [0.29, 0.717) is 11.5 Å². The molecule has 2 fully saturated rings. The Morgan fingerprint density at radius 1 is 1.20 bits per heavy atom. The molecule has 1 heterocycles. The molecule has 1 aliphatic carbocycles. The molecular weight excluding hydrogens is 250 g/mol. The smallest absolute Gasteiger partial charge is 0.240 e. The van der Waals surface area contributed by atoms with Gasteiger partial charge in [0, 0.05) is 32.2 Å². The Morgan fingerprint density at radius 2 is 1.75 bits per heavy atom. The number of nitrogens with one attached hydrogen (secondary N) is 2. The van der Waals surface area contributed by atoms with Crippen molar-refractivity contribution < 1.29 is 4.79 Å². The van der Waals surface area contributed by atoms with Crippen molar-refractivity contribution in [2.45, 2.75) is 65.0 Å². The van der Waals surface area contributed by atoms with Gasteiger partial charge in [-0.15, -0.1) is 0 Å². The van der Waals surface area contributed by atoms with Gasteiger partial charge >= 0.3 is 0 Å². The first-order valence-electron chi connectivity index (χ1n) is 8.08. The van der Waals surface area contributed by atoms with Crippen LogP contribution in [0.3, 0.4) is 0 Å². The Bertz CT molecular complexity index is 336. The fourth-order valence-corrected chi connectivity index (χ4v) is 3.27. The van der Waals surface area contributed by atoms with E-state index >= 15 is 0 Å². The van der Waals surface area contributed by atoms with Crippen molar-refractivity contribution in [2.75, 3.05) is 26.2 Å². The topological polar surface area (TPSA) is 44.4 Å². The predicted octanol–water partition coefficient (Wildman–Crippen LogP) is 1.76. The van der Waals surface area contributed by atoms with Crippen LogP contribution in [-0.2, 0) is 4.79 Å². The highest BCUT2D eigenvalue weighted by Gasteiger charge is 2.37. The summed E-state index contributed by atoms with van der Waals surface area (Å²) in [6, 6.07) is 0.373. The van der Waals surface area contributed by atoms with E-state index in [4.69, 9.17) is 0 Å². The molecule has 0 aromatic heterocycles. The number of nitrogens with zero attached hydrogens (tertiary/aromatic N) is 1. The quantitative estimate of drug-likeness (QED) is 0.828. The van der Waals surface area contributed by atoms with Crippen LogP contribution in [-0.4, -0.2) is 48.6 Å². The van der Waals surface area contributed by atoms with E-state index in [2.05, 4.69) is 43.2 Å². The maximum atomic E-state index is 12.6. The zero-order valence-corrected chi connectivity index (χ0v) is 13.6. The number of hydrogen-bond acceptors (Lipinski definition) is 3. The van der Waals surface area contributed by atoms with Crippen LogP contribution in [0.25, 0.3) is 0 Å². The van der Waals surface area contributed by atoms with Crippen molar-refractivity contribution in [3.05, 3.63) is 0 Å². The summed E-state index contributed by atoms with van der Waals surface area (Å²) in [6.07, 6.45) is 4.67. The molecule has 1 saturated carbocycles. The summed E-state index contributed by atoms with van der Waals surface area (Å²) in [6.45, 7) is 12.6. The van der Waals surface area contributed by atoms with Crippen LogP contribution in [0, 0.1) is 5.41 Å². The molecule has 0 atom stereocenters. The minimum Gasteiger partial charge on any atom is -0.352 e. The van der Waals surface area contributed by atoms with Gasteiger partial charge in [0.2, 0.25) is 5.91 Å². The number of hydrogen-bond donors (Lipinski definition) is 2. The fourth-order valence-electron chi connectivity index (χ4n) is 3.27. The molecule has 0 unspecified atom stereocenters. The van der Waals surface area contributed by atoms with Gasteiger partial charge in [0.05, 0.1) is 5.54 Å². The number of carbonyl (C=O) groups is 1. The molecule has 0 spiro atoms. The second-order valence-electron chi connectivity index (χ2n) is 7.71. The van der Waals surface area contributed by atoms with Gasteiger partial charge in [-0.2, -0.15) is 0 Å². The lowest BCUT2D eigenvalue weighted by atomic mass is 9.75. The molecule has 0 bridgehead atoms. The summed E-state index contributed by atoms with van der Waals surface area (Å²) in [5.74, 6) is 0.198. The van der Waals surface area contributed by atoms with Crippen LogP contribution in [0.5, 0.6) is 0 Å². The number of piperazine rings is 1. The largest absolute Gasteiger partial charge is 0.352 e. The van der Waals surface area contributed by atoms with E-state index < -0.39 is 5.54 Å². The molecule has 2 rings (SSSR count). The zero-order chi connectivity index (χ0) is 14.8. The summed E-state index contributed by atoms with van der Waals surface area (Å²) in [5.41, 5.74) is 0.0599. The van der Waals surface area contributed by atoms with Crippen molar-refractivity contribution in [3.63, 3.8) is 0 Å². The lowest BCUT2D eigenvalue weighted by Crippen LogP contribution is -2.61. The van der Waals surface area contributed by atoms with E-state index in [-0.39, 0.29) is 5.91 Å². The van der Waals surface area contributed by atoms with Crippen molar-refractivity contribution >= 4 is 5.91 Å². The number of rotatable bonds is 3. The van der Waals surface area contributed by atoms with Crippen LogP contribution in [0.4, 0.5) is 0 Å². The van der Waals surface area contributed by atoms with E-state index in [1.807, 2.05) is 0 Å². The Kier molecular flexibility index (Phi) is 4.75. The first-order valence-corrected chi connectivity index (χ1v) is 8.08. The van der Waals surface area contributed by atoms with E-state index in [9.17, 15) is 4.79 Å². The first-order chi connectivity index (χ1) is 9.31. The van der Waals surface area contributed by atoms with E-state index in [1.54, 1.807) is 0 Å². The Hall–Kier alpha value is -0.610. The summed E-state index contributed by atoms with van der Waals surface area (Å²) >= 11 is 0. The minimum atomic E-state index is -0.394. The molecule has 116 valence electrons. The molecule has 2 aliphatic rings. The lowest BCUT2D eigenvalue weighted by Gasteiger charge is -2.41. The first kappa shape index (κ1) is 15.8.